The van der Waals surface area contributed by atoms with Crippen LogP contribution in [0.25, 0.3) is 0 Å². The Bertz CT molecular complexity index is 604. The molecular weight excluding hydrogens is 296 g/mol. The highest BCUT2D eigenvalue weighted by molar-refractivity contribution is 5.94. The maximum absolute atomic E-state index is 12.7. The monoisotopic (exact) mass is 318 g/mol. The van der Waals surface area contributed by atoms with Crippen LogP contribution < -0.4 is 4.74 Å². The van der Waals surface area contributed by atoms with Crippen molar-refractivity contribution >= 4 is 11.8 Å². The van der Waals surface area contributed by atoms with Crippen LogP contribution in [0.15, 0.2) is 12.4 Å². The minimum Gasteiger partial charge on any atom is -0.480 e. The third kappa shape index (κ3) is 2.75. The van der Waals surface area contributed by atoms with E-state index in [4.69, 9.17) is 4.74 Å². The number of aromatic nitrogens is 2. The summed E-state index contributed by atoms with van der Waals surface area (Å²) in [6, 6.07) is 0. The van der Waals surface area contributed by atoms with E-state index in [1.807, 2.05) is 4.90 Å². The Kier molecular flexibility index (Phi) is 4.19. The number of amides is 2. The van der Waals surface area contributed by atoms with Crippen molar-refractivity contribution in [2.24, 2.45) is 5.41 Å². The third-order valence-electron chi connectivity index (χ3n) is 4.79. The Morgan fingerprint density at radius 2 is 2.09 bits per heavy atom. The van der Waals surface area contributed by atoms with Crippen LogP contribution in [-0.4, -0.2) is 64.9 Å². The second-order valence-electron chi connectivity index (χ2n) is 6.24. The van der Waals surface area contributed by atoms with E-state index in [-0.39, 0.29) is 17.2 Å². The maximum atomic E-state index is 12.7. The van der Waals surface area contributed by atoms with Gasteiger partial charge < -0.3 is 14.5 Å². The number of hydrogen-bond donors (Lipinski definition) is 0. The number of ether oxygens (including phenoxy) is 1. The second kappa shape index (κ2) is 6.14. The molecule has 0 saturated carbocycles. The first kappa shape index (κ1) is 15.7. The first-order chi connectivity index (χ1) is 11.1. The number of nitrogens with zero attached hydrogens (tertiary/aromatic N) is 4. The van der Waals surface area contributed by atoms with Crippen LogP contribution >= 0.6 is 0 Å². The molecule has 124 valence electrons. The average molecular weight is 318 g/mol. The second-order valence-corrected chi connectivity index (χ2v) is 6.24. The van der Waals surface area contributed by atoms with E-state index in [9.17, 15) is 9.59 Å². The van der Waals surface area contributed by atoms with Gasteiger partial charge in [0, 0.05) is 26.2 Å². The molecule has 23 heavy (non-hydrogen) atoms. The molecular formula is C16H22N4O3. The molecule has 2 fully saturated rings. The first-order valence-corrected chi connectivity index (χ1v) is 8.04. The molecule has 1 aromatic rings. The quantitative estimate of drug-likeness (QED) is 0.826. The predicted molar refractivity (Wildman–Crippen MR) is 83.0 cm³/mol. The Morgan fingerprint density at radius 1 is 1.30 bits per heavy atom. The average Bonchev–Trinajstić information content (AvgIpc) is 3.15. The summed E-state index contributed by atoms with van der Waals surface area (Å²) in [7, 11) is 1.50. The lowest BCUT2D eigenvalue weighted by Crippen LogP contribution is -2.38. The summed E-state index contributed by atoms with van der Waals surface area (Å²) in [6.45, 7) is 4.76. The lowest BCUT2D eigenvalue weighted by atomic mass is 9.85. The van der Waals surface area contributed by atoms with E-state index in [1.165, 1.54) is 19.5 Å². The minimum atomic E-state index is -0.384. The lowest BCUT2D eigenvalue weighted by Gasteiger charge is -2.23. The molecule has 0 N–H and O–H groups in total. The van der Waals surface area contributed by atoms with Gasteiger partial charge in [-0.2, -0.15) is 0 Å². The van der Waals surface area contributed by atoms with Crippen LogP contribution in [-0.2, 0) is 4.79 Å². The maximum Gasteiger partial charge on any atom is 0.274 e. The summed E-state index contributed by atoms with van der Waals surface area (Å²) in [5.74, 6) is 0.412. The van der Waals surface area contributed by atoms with Crippen molar-refractivity contribution in [1.29, 1.82) is 0 Å². The molecule has 2 aliphatic rings. The summed E-state index contributed by atoms with van der Waals surface area (Å²) in [6.07, 6.45) is 5.39. The van der Waals surface area contributed by atoms with Crippen molar-refractivity contribution in [3.8, 4) is 5.88 Å². The standard InChI is InChI=1S/C16H22N4O3/c1-3-6-19-7-4-16(15(19)22)5-8-20(11-16)14(21)12-9-18-13(23-2)10-17-12/h9-10H,3-8,11H2,1-2H3. The Labute approximate surface area is 135 Å². The minimum absolute atomic E-state index is 0.168. The van der Waals surface area contributed by atoms with E-state index in [0.29, 0.717) is 24.7 Å². The van der Waals surface area contributed by atoms with Crippen LogP contribution in [0, 0.1) is 5.41 Å². The molecule has 0 aliphatic carbocycles. The molecule has 2 amide bonds. The van der Waals surface area contributed by atoms with Crippen molar-refractivity contribution < 1.29 is 14.3 Å². The number of carbonyl (C=O) groups excluding carboxylic acids is 2. The van der Waals surface area contributed by atoms with E-state index in [0.717, 1.165) is 32.4 Å². The summed E-state index contributed by atoms with van der Waals surface area (Å²) < 4.78 is 4.95. The molecule has 2 saturated heterocycles. The fourth-order valence-corrected chi connectivity index (χ4v) is 3.49. The van der Waals surface area contributed by atoms with Crippen molar-refractivity contribution in [2.75, 3.05) is 33.3 Å². The molecule has 0 radical (unpaired) electrons. The first-order valence-electron chi connectivity index (χ1n) is 8.04. The molecule has 1 atom stereocenters. The van der Waals surface area contributed by atoms with Crippen LogP contribution in [0.2, 0.25) is 0 Å². The lowest BCUT2D eigenvalue weighted by molar-refractivity contribution is -0.135. The van der Waals surface area contributed by atoms with E-state index in [2.05, 4.69) is 16.9 Å². The van der Waals surface area contributed by atoms with Gasteiger partial charge in [-0.25, -0.2) is 9.97 Å². The Balaban J connectivity index is 1.69. The molecule has 0 bridgehead atoms. The molecule has 0 aromatic carbocycles. The molecule has 3 heterocycles. The van der Waals surface area contributed by atoms with Gasteiger partial charge in [0.1, 0.15) is 5.69 Å². The van der Waals surface area contributed by atoms with E-state index >= 15 is 0 Å². The van der Waals surface area contributed by atoms with Gasteiger partial charge in [0.25, 0.3) is 5.91 Å². The summed E-state index contributed by atoms with van der Waals surface area (Å²) in [5, 5.41) is 0. The van der Waals surface area contributed by atoms with Gasteiger partial charge in [-0.15, -0.1) is 0 Å². The zero-order chi connectivity index (χ0) is 16.4. The third-order valence-corrected chi connectivity index (χ3v) is 4.79. The number of hydrogen-bond acceptors (Lipinski definition) is 5. The van der Waals surface area contributed by atoms with Crippen LogP contribution in [0.1, 0.15) is 36.7 Å². The highest BCUT2D eigenvalue weighted by atomic mass is 16.5. The number of likely N-dealkylation sites (tertiary alicyclic amines) is 2. The largest absolute Gasteiger partial charge is 0.480 e. The van der Waals surface area contributed by atoms with Crippen molar-refractivity contribution in [3.05, 3.63) is 18.1 Å². The van der Waals surface area contributed by atoms with Crippen molar-refractivity contribution in [1.82, 2.24) is 19.8 Å². The predicted octanol–water partition coefficient (Wildman–Crippen LogP) is 0.960. The zero-order valence-corrected chi connectivity index (χ0v) is 13.6. The van der Waals surface area contributed by atoms with Gasteiger partial charge in [-0.1, -0.05) is 6.92 Å². The van der Waals surface area contributed by atoms with Gasteiger partial charge >= 0.3 is 0 Å². The molecule has 2 aliphatic heterocycles. The molecule has 7 nitrogen and oxygen atoms in total. The fourth-order valence-electron chi connectivity index (χ4n) is 3.49. The van der Waals surface area contributed by atoms with Crippen molar-refractivity contribution in [2.45, 2.75) is 26.2 Å². The highest BCUT2D eigenvalue weighted by Gasteiger charge is 2.51. The SMILES string of the molecule is CCCN1CCC2(CCN(C(=O)c3cnc(OC)cn3)C2)C1=O. The molecule has 1 unspecified atom stereocenters. The fraction of sp³-hybridized carbons (Fsp3) is 0.625. The summed E-state index contributed by atoms with van der Waals surface area (Å²) in [4.78, 5) is 37.0. The summed E-state index contributed by atoms with van der Waals surface area (Å²) >= 11 is 0. The number of methoxy groups -OCH3 is 1. The zero-order valence-electron chi connectivity index (χ0n) is 13.6. The number of carbonyl (C=O) groups is 2. The highest BCUT2D eigenvalue weighted by Crippen LogP contribution is 2.41. The van der Waals surface area contributed by atoms with Gasteiger partial charge in [0.05, 0.1) is 24.9 Å². The van der Waals surface area contributed by atoms with E-state index in [1.54, 1.807) is 4.90 Å². The normalized spacial score (nSPS) is 23.8. The van der Waals surface area contributed by atoms with Gasteiger partial charge in [-0.3, -0.25) is 9.59 Å². The Hall–Kier alpha value is -2.18. The van der Waals surface area contributed by atoms with E-state index < -0.39 is 0 Å². The van der Waals surface area contributed by atoms with Gasteiger partial charge in [0.15, 0.2) is 0 Å². The Morgan fingerprint density at radius 3 is 2.74 bits per heavy atom. The van der Waals surface area contributed by atoms with Crippen LogP contribution in [0.3, 0.4) is 0 Å². The topological polar surface area (TPSA) is 75.6 Å². The molecule has 1 spiro atoms. The van der Waals surface area contributed by atoms with Crippen LogP contribution in [0.5, 0.6) is 5.88 Å². The van der Waals surface area contributed by atoms with Crippen LogP contribution in [0.4, 0.5) is 0 Å². The van der Waals surface area contributed by atoms with Crippen molar-refractivity contribution in [3.63, 3.8) is 0 Å². The summed E-state index contributed by atoms with van der Waals surface area (Å²) in [5.41, 5.74) is -0.0937. The molecule has 3 rings (SSSR count). The van der Waals surface area contributed by atoms with Gasteiger partial charge in [0.2, 0.25) is 11.8 Å². The van der Waals surface area contributed by atoms with Gasteiger partial charge in [-0.05, 0) is 19.3 Å². The number of rotatable bonds is 4. The molecule has 7 heteroatoms. The molecule has 1 aromatic heterocycles. The smallest absolute Gasteiger partial charge is 0.274 e.